The average Bonchev–Trinajstić information content (AvgIpc) is 2.95. The molecule has 3 rings (SSSR count). The molecule has 0 aliphatic rings. The molecule has 0 N–H and O–H groups in total. The van der Waals surface area contributed by atoms with Gasteiger partial charge in [0.25, 0.3) is 0 Å². The van der Waals surface area contributed by atoms with Crippen LogP contribution in [0.1, 0.15) is 26.5 Å². The van der Waals surface area contributed by atoms with Gasteiger partial charge in [-0.15, -0.1) is 0 Å². The maximum absolute atomic E-state index is 12.9. The second-order valence-corrected chi connectivity index (χ2v) is 6.66. The van der Waals surface area contributed by atoms with E-state index in [0.29, 0.717) is 6.54 Å². The van der Waals surface area contributed by atoms with E-state index in [-0.39, 0.29) is 5.91 Å². The third-order valence-electron chi connectivity index (χ3n) is 3.77. The van der Waals surface area contributed by atoms with Crippen LogP contribution in [-0.2, 0) is 11.3 Å². The maximum Gasteiger partial charge on any atom is 0.232 e. The standard InChI is InChI=1S/C19H21N3O/c1-19(2,3)18(23)22(15-9-5-4-6-10-15)14-16-13-20-17-11-7-8-12-21(16)17/h4-13H,14H2,1-3H3. The SMILES string of the molecule is CC(C)(C)C(=O)N(Cc1cnc2ccccn12)c1ccccc1. The molecule has 23 heavy (non-hydrogen) atoms. The van der Waals surface area contributed by atoms with Crippen LogP contribution in [0.4, 0.5) is 5.69 Å². The monoisotopic (exact) mass is 307 g/mol. The van der Waals surface area contributed by atoms with E-state index >= 15 is 0 Å². The Morgan fingerprint density at radius 2 is 1.78 bits per heavy atom. The molecule has 4 nitrogen and oxygen atoms in total. The average molecular weight is 307 g/mol. The highest BCUT2D eigenvalue weighted by Crippen LogP contribution is 2.25. The highest BCUT2D eigenvalue weighted by atomic mass is 16.2. The molecule has 0 atom stereocenters. The molecule has 0 aliphatic heterocycles. The first-order valence-corrected chi connectivity index (χ1v) is 7.75. The molecule has 0 saturated carbocycles. The van der Waals surface area contributed by atoms with Crippen LogP contribution < -0.4 is 4.90 Å². The Labute approximate surface area is 136 Å². The van der Waals surface area contributed by atoms with E-state index in [9.17, 15) is 4.79 Å². The third-order valence-corrected chi connectivity index (χ3v) is 3.77. The van der Waals surface area contributed by atoms with Gasteiger partial charge in [0.1, 0.15) is 5.65 Å². The number of carbonyl (C=O) groups is 1. The Morgan fingerprint density at radius 1 is 1.09 bits per heavy atom. The lowest BCUT2D eigenvalue weighted by Crippen LogP contribution is -2.39. The van der Waals surface area contributed by atoms with Gasteiger partial charge in [0.2, 0.25) is 5.91 Å². The number of anilines is 1. The van der Waals surface area contributed by atoms with Crippen LogP contribution >= 0.6 is 0 Å². The number of para-hydroxylation sites is 1. The number of imidazole rings is 1. The second-order valence-electron chi connectivity index (χ2n) is 6.66. The zero-order valence-electron chi connectivity index (χ0n) is 13.7. The van der Waals surface area contributed by atoms with Crippen molar-refractivity contribution in [1.82, 2.24) is 9.38 Å². The summed E-state index contributed by atoms with van der Waals surface area (Å²) in [5, 5.41) is 0. The molecule has 0 fully saturated rings. The topological polar surface area (TPSA) is 37.6 Å². The van der Waals surface area contributed by atoms with Crippen LogP contribution in [-0.4, -0.2) is 15.3 Å². The van der Waals surface area contributed by atoms with Crippen molar-refractivity contribution in [2.75, 3.05) is 4.90 Å². The fourth-order valence-electron chi connectivity index (χ4n) is 2.56. The van der Waals surface area contributed by atoms with Crippen molar-refractivity contribution >= 4 is 17.2 Å². The van der Waals surface area contributed by atoms with E-state index in [1.165, 1.54) is 0 Å². The highest BCUT2D eigenvalue weighted by Gasteiger charge is 2.28. The number of rotatable bonds is 3. The van der Waals surface area contributed by atoms with Crippen molar-refractivity contribution in [3.63, 3.8) is 0 Å². The van der Waals surface area contributed by atoms with E-state index in [0.717, 1.165) is 17.0 Å². The van der Waals surface area contributed by atoms with Gasteiger partial charge in [0.15, 0.2) is 0 Å². The Hall–Kier alpha value is -2.62. The first-order valence-electron chi connectivity index (χ1n) is 7.75. The fraction of sp³-hybridized carbons (Fsp3) is 0.263. The lowest BCUT2D eigenvalue weighted by Gasteiger charge is -2.29. The summed E-state index contributed by atoms with van der Waals surface area (Å²) in [6, 6.07) is 15.7. The van der Waals surface area contributed by atoms with Gasteiger partial charge in [0, 0.05) is 17.3 Å². The van der Waals surface area contributed by atoms with Crippen LogP contribution in [0, 0.1) is 5.41 Å². The van der Waals surface area contributed by atoms with Gasteiger partial charge < -0.3 is 9.30 Å². The van der Waals surface area contributed by atoms with Crippen molar-refractivity contribution in [2.45, 2.75) is 27.3 Å². The fourth-order valence-corrected chi connectivity index (χ4v) is 2.56. The molecule has 0 spiro atoms. The summed E-state index contributed by atoms with van der Waals surface area (Å²) in [5.41, 5.74) is 2.33. The summed E-state index contributed by atoms with van der Waals surface area (Å²) in [5.74, 6) is 0.0922. The van der Waals surface area contributed by atoms with E-state index in [1.807, 2.05) is 91.0 Å². The number of nitrogens with zero attached hydrogens (tertiary/aromatic N) is 3. The van der Waals surface area contributed by atoms with E-state index in [4.69, 9.17) is 0 Å². The van der Waals surface area contributed by atoms with E-state index in [1.54, 1.807) is 0 Å². The minimum absolute atomic E-state index is 0.0922. The van der Waals surface area contributed by atoms with Crippen LogP contribution in [0.3, 0.4) is 0 Å². The van der Waals surface area contributed by atoms with Crippen molar-refractivity contribution < 1.29 is 4.79 Å². The normalized spacial score (nSPS) is 11.6. The Balaban J connectivity index is 2.01. The summed E-state index contributed by atoms with van der Waals surface area (Å²) in [6.45, 7) is 6.32. The molecule has 1 amide bonds. The number of amides is 1. The van der Waals surface area contributed by atoms with Crippen molar-refractivity contribution in [1.29, 1.82) is 0 Å². The first-order chi connectivity index (χ1) is 11.0. The number of pyridine rings is 1. The third kappa shape index (κ3) is 3.11. The molecule has 0 aliphatic carbocycles. The van der Waals surface area contributed by atoms with Gasteiger partial charge in [0.05, 0.1) is 18.4 Å². The van der Waals surface area contributed by atoms with E-state index in [2.05, 4.69) is 4.98 Å². The minimum Gasteiger partial charge on any atom is -0.306 e. The summed E-state index contributed by atoms with van der Waals surface area (Å²) >= 11 is 0. The van der Waals surface area contributed by atoms with Crippen molar-refractivity contribution in [3.05, 3.63) is 66.6 Å². The second kappa shape index (κ2) is 5.88. The molecule has 1 aromatic carbocycles. The predicted octanol–water partition coefficient (Wildman–Crippen LogP) is 3.91. The molecule has 4 heteroatoms. The molecule has 2 heterocycles. The maximum atomic E-state index is 12.9. The van der Waals surface area contributed by atoms with Gasteiger partial charge in [-0.3, -0.25) is 4.79 Å². The zero-order valence-corrected chi connectivity index (χ0v) is 13.7. The number of benzene rings is 1. The Morgan fingerprint density at radius 3 is 2.48 bits per heavy atom. The lowest BCUT2D eigenvalue weighted by atomic mass is 9.94. The number of fused-ring (bicyclic) bond motifs is 1. The first kappa shape index (κ1) is 15.3. The molecule has 0 saturated heterocycles. The van der Waals surface area contributed by atoms with Gasteiger partial charge >= 0.3 is 0 Å². The van der Waals surface area contributed by atoms with Crippen LogP contribution in [0.25, 0.3) is 5.65 Å². The quantitative estimate of drug-likeness (QED) is 0.735. The predicted molar refractivity (Wildman–Crippen MR) is 92.3 cm³/mol. The van der Waals surface area contributed by atoms with Crippen LogP contribution in [0.5, 0.6) is 0 Å². The Bertz CT molecular complexity index is 815. The van der Waals surface area contributed by atoms with Crippen molar-refractivity contribution in [3.8, 4) is 0 Å². The Kier molecular flexibility index (Phi) is 3.90. The number of aromatic nitrogens is 2. The molecule has 0 bridgehead atoms. The smallest absolute Gasteiger partial charge is 0.232 e. The largest absolute Gasteiger partial charge is 0.306 e. The lowest BCUT2D eigenvalue weighted by molar-refractivity contribution is -0.125. The zero-order chi connectivity index (χ0) is 16.4. The molecule has 118 valence electrons. The summed E-state index contributed by atoms with van der Waals surface area (Å²) in [6.07, 6.45) is 3.81. The molecule has 0 radical (unpaired) electrons. The van der Waals surface area contributed by atoms with E-state index < -0.39 is 5.41 Å². The molecular weight excluding hydrogens is 286 g/mol. The number of hydrogen-bond acceptors (Lipinski definition) is 2. The van der Waals surface area contributed by atoms with Crippen LogP contribution in [0.15, 0.2) is 60.9 Å². The van der Waals surface area contributed by atoms with Crippen molar-refractivity contribution in [2.24, 2.45) is 5.41 Å². The molecule has 2 aromatic heterocycles. The summed E-state index contributed by atoms with van der Waals surface area (Å²) in [7, 11) is 0. The molecule has 3 aromatic rings. The number of hydrogen-bond donors (Lipinski definition) is 0. The van der Waals surface area contributed by atoms with Crippen LogP contribution in [0.2, 0.25) is 0 Å². The molecule has 0 unspecified atom stereocenters. The highest BCUT2D eigenvalue weighted by molar-refractivity contribution is 5.96. The van der Waals surface area contributed by atoms with Gasteiger partial charge in [-0.1, -0.05) is 45.0 Å². The number of carbonyl (C=O) groups excluding carboxylic acids is 1. The summed E-state index contributed by atoms with van der Waals surface area (Å²) in [4.78, 5) is 19.2. The minimum atomic E-state index is -0.448. The van der Waals surface area contributed by atoms with Gasteiger partial charge in [-0.2, -0.15) is 0 Å². The van der Waals surface area contributed by atoms with Gasteiger partial charge in [-0.05, 0) is 24.3 Å². The molecular formula is C19H21N3O. The van der Waals surface area contributed by atoms with Gasteiger partial charge in [-0.25, -0.2) is 4.98 Å². The summed E-state index contributed by atoms with van der Waals surface area (Å²) < 4.78 is 2.02.